The molecule has 4 rings (SSSR count). The van der Waals surface area contributed by atoms with Gasteiger partial charge in [-0.15, -0.1) is 0 Å². The minimum atomic E-state index is 0.761. The number of para-hydroxylation sites is 1. The average molecular weight is 328 g/mol. The van der Waals surface area contributed by atoms with Gasteiger partial charge in [-0.1, -0.05) is 54.6 Å². The Labute approximate surface area is 147 Å². The van der Waals surface area contributed by atoms with Crippen molar-refractivity contribution in [3.05, 3.63) is 78.0 Å². The zero-order valence-corrected chi connectivity index (χ0v) is 14.4. The summed E-state index contributed by atoms with van der Waals surface area (Å²) in [5, 5.41) is 7.21. The fourth-order valence-electron chi connectivity index (χ4n) is 3.30. The predicted molar refractivity (Wildman–Crippen MR) is 104 cm³/mol. The van der Waals surface area contributed by atoms with Crippen molar-refractivity contribution in [1.29, 1.82) is 0 Å². The van der Waals surface area contributed by atoms with Crippen LogP contribution in [-0.4, -0.2) is 12.1 Å². The fourth-order valence-corrected chi connectivity index (χ4v) is 3.30. The summed E-state index contributed by atoms with van der Waals surface area (Å²) in [5.41, 5.74) is 4.22. The molecule has 124 valence electrons. The Kier molecular flexibility index (Phi) is 3.98. The van der Waals surface area contributed by atoms with Crippen molar-refractivity contribution in [1.82, 2.24) is 4.98 Å². The van der Waals surface area contributed by atoms with E-state index in [9.17, 15) is 0 Å². The second kappa shape index (κ2) is 6.44. The van der Waals surface area contributed by atoms with Crippen LogP contribution in [0.1, 0.15) is 11.3 Å². The van der Waals surface area contributed by atoms with E-state index in [4.69, 9.17) is 4.74 Å². The molecule has 0 spiro atoms. The first kappa shape index (κ1) is 15.5. The number of aryl methyl sites for hydroxylation is 1. The van der Waals surface area contributed by atoms with E-state index in [1.807, 2.05) is 19.1 Å². The summed E-state index contributed by atoms with van der Waals surface area (Å²) in [7, 11) is 1.68. The molecule has 0 unspecified atom stereocenters. The van der Waals surface area contributed by atoms with E-state index in [2.05, 4.69) is 64.9 Å². The number of fused-ring (bicyclic) bond motifs is 2. The lowest BCUT2D eigenvalue weighted by molar-refractivity contribution is 0.419. The highest BCUT2D eigenvalue weighted by Gasteiger charge is 2.09. The smallest absolute Gasteiger partial charge is 0.145 e. The van der Waals surface area contributed by atoms with Gasteiger partial charge in [0.05, 0.1) is 7.11 Å². The summed E-state index contributed by atoms with van der Waals surface area (Å²) in [5.74, 6) is 0.800. The van der Waals surface area contributed by atoms with E-state index >= 15 is 0 Å². The van der Waals surface area contributed by atoms with Gasteiger partial charge in [-0.3, -0.25) is 0 Å². The third-order valence-electron chi connectivity index (χ3n) is 4.50. The average Bonchev–Trinajstić information content (AvgIpc) is 2.65. The van der Waals surface area contributed by atoms with E-state index in [0.717, 1.165) is 34.6 Å². The first-order chi connectivity index (χ1) is 12.3. The molecule has 0 atom stereocenters. The Balaban J connectivity index is 1.73. The summed E-state index contributed by atoms with van der Waals surface area (Å²) in [6.07, 6.45) is 0. The molecule has 0 saturated carbocycles. The molecule has 0 fully saturated rings. The number of methoxy groups -OCH3 is 1. The number of rotatable bonds is 4. The SMILES string of the molecule is COc1cccc2c(NCc3cccc4ccccc34)cc(C)nc12. The van der Waals surface area contributed by atoms with Crippen molar-refractivity contribution in [2.24, 2.45) is 0 Å². The maximum Gasteiger partial charge on any atom is 0.145 e. The third-order valence-corrected chi connectivity index (χ3v) is 4.50. The van der Waals surface area contributed by atoms with E-state index in [-0.39, 0.29) is 0 Å². The van der Waals surface area contributed by atoms with Gasteiger partial charge >= 0.3 is 0 Å². The summed E-state index contributed by atoms with van der Waals surface area (Å²) >= 11 is 0. The lowest BCUT2D eigenvalue weighted by Gasteiger charge is -2.14. The normalized spacial score (nSPS) is 11.0. The molecule has 0 amide bonds. The molecule has 1 heterocycles. The van der Waals surface area contributed by atoms with E-state index in [1.165, 1.54) is 16.3 Å². The summed E-state index contributed by atoms with van der Waals surface area (Å²) < 4.78 is 5.47. The standard InChI is InChI=1S/C22H20N2O/c1-15-13-20(19-11-6-12-21(25-2)22(19)24-15)23-14-17-9-5-8-16-7-3-4-10-18(16)17/h3-13H,14H2,1-2H3,(H,23,24). The summed E-state index contributed by atoms with van der Waals surface area (Å²) in [6.45, 7) is 2.77. The minimum absolute atomic E-state index is 0.761. The molecular weight excluding hydrogens is 308 g/mol. The van der Waals surface area contributed by atoms with Crippen LogP contribution in [0.25, 0.3) is 21.7 Å². The highest BCUT2D eigenvalue weighted by atomic mass is 16.5. The van der Waals surface area contributed by atoms with Crippen LogP contribution in [0, 0.1) is 6.92 Å². The molecular formula is C22H20N2O. The molecule has 0 aliphatic rings. The molecule has 3 nitrogen and oxygen atoms in total. The van der Waals surface area contributed by atoms with E-state index in [0.29, 0.717) is 0 Å². The number of hydrogen-bond acceptors (Lipinski definition) is 3. The number of pyridine rings is 1. The second-order valence-electron chi connectivity index (χ2n) is 6.16. The first-order valence-electron chi connectivity index (χ1n) is 8.41. The van der Waals surface area contributed by atoms with Crippen molar-refractivity contribution >= 4 is 27.4 Å². The molecule has 0 saturated heterocycles. The van der Waals surface area contributed by atoms with Gasteiger partial charge in [-0.2, -0.15) is 0 Å². The predicted octanol–water partition coefficient (Wildman–Crippen LogP) is 5.32. The van der Waals surface area contributed by atoms with Crippen molar-refractivity contribution in [2.45, 2.75) is 13.5 Å². The highest BCUT2D eigenvalue weighted by Crippen LogP contribution is 2.30. The van der Waals surface area contributed by atoms with Crippen molar-refractivity contribution in [3.63, 3.8) is 0 Å². The molecule has 0 radical (unpaired) electrons. The topological polar surface area (TPSA) is 34.1 Å². The lowest BCUT2D eigenvalue weighted by Crippen LogP contribution is -2.02. The van der Waals surface area contributed by atoms with Crippen molar-refractivity contribution < 1.29 is 4.74 Å². The number of ether oxygens (including phenoxy) is 1. The molecule has 0 aliphatic heterocycles. The monoisotopic (exact) mass is 328 g/mol. The molecule has 25 heavy (non-hydrogen) atoms. The van der Waals surface area contributed by atoms with Crippen LogP contribution < -0.4 is 10.1 Å². The quantitative estimate of drug-likeness (QED) is 0.551. The van der Waals surface area contributed by atoms with Gasteiger partial charge in [-0.05, 0) is 35.4 Å². The number of hydrogen-bond donors (Lipinski definition) is 1. The van der Waals surface area contributed by atoms with Crippen molar-refractivity contribution in [3.8, 4) is 5.75 Å². The minimum Gasteiger partial charge on any atom is -0.494 e. The van der Waals surface area contributed by atoms with Gasteiger partial charge in [0.15, 0.2) is 0 Å². The molecule has 3 heteroatoms. The van der Waals surface area contributed by atoms with E-state index in [1.54, 1.807) is 7.11 Å². The van der Waals surface area contributed by atoms with Crippen LogP contribution in [0.4, 0.5) is 5.69 Å². The van der Waals surface area contributed by atoms with Gasteiger partial charge in [-0.25, -0.2) is 4.98 Å². The number of nitrogens with one attached hydrogen (secondary N) is 1. The van der Waals surface area contributed by atoms with Crippen molar-refractivity contribution in [2.75, 3.05) is 12.4 Å². The van der Waals surface area contributed by atoms with Gasteiger partial charge < -0.3 is 10.1 Å². The Hall–Kier alpha value is -3.07. The second-order valence-corrected chi connectivity index (χ2v) is 6.16. The number of anilines is 1. The summed E-state index contributed by atoms with van der Waals surface area (Å²) in [4.78, 5) is 4.65. The summed E-state index contributed by atoms with van der Waals surface area (Å²) in [6, 6.07) is 23.0. The van der Waals surface area contributed by atoms with E-state index < -0.39 is 0 Å². The maximum atomic E-state index is 5.47. The lowest BCUT2D eigenvalue weighted by atomic mass is 10.0. The largest absolute Gasteiger partial charge is 0.494 e. The maximum absolute atomic E-state index is 5.47. The Morgan fingerprint density at radius 1 is 0.920 bits per heavy atom. The third kappa shape index (κ3) is 2.89. The van der Waals surface area contributed by atoms with Crippen LogP contribution in [-0.2, 0) is 6.54 Å². The number of benzene rings is 3. The van der Waals surface area contributed by atoms with Crippen LogP contribution in [0.3, 0.4) is 0 Å². The highest BCUT2D eigenvalue weighted by molar-refractivity contribution is 5.95. The molecule has 0 aliphatic carbocycles. The fraction of sp³-hybridized carbons (Fsp3) is 0.136. The molecule has 1 aromatic heterocycles. The zero-order valence-electron chi connectivity index (χ0n) is 14.4. The number of nitrogens with zero attached hydrogens (tertiary/aromatic N) is 1. The Bertz CT molecular complexity index is 1050. The van der Waals surface area contributed by atoms with Gasteiger partial charge in [0, 0.05) is 23.3 Å². The van der Waals surface area contributed by atoms with Crippen LogP contribution in [0.5, 0.6) is 5.75 Å². The molecule has 3 aromatic carbocycles. The zero-order chi connectivity index (χ0) is 17.2. The Morgan fingerprint density at radius 3 is 2.56 bits per heavy atom. The van der Waals surface area contributed by atoms with Crippen LogP contribution in [0.2, 0.25) is 0 Å². The Morgan fingerprint density at radius 2 is 1.68 bits per heavy atom. The first-order valence-corrected chi connectivity index (χ1v) is 8.41. The van der Waals surface area contributed by atoms with Gasteiger partial charge in [0.1, 0.15) is 11.3 Å². The molecule has 0 bridgehead atoms. The number of aromatic nitrogens is 1. The van der Waals surface area contributed by atoms with Gasteiger partial charge in [0.2, 0.25) is 0 Å². The molecule has 4 aromatic rings. The van der Waals surface area contributed by atoms with Crippen LogP contribution >= 0.6 is 0 Å². The van der Waals surface area contributed by atoms with Gasteiger partial charge in [0.25, 0.3) is 0 Å². The molecule has 1 N–H and O–H groups in total. The van der Waals surface area contributed by atoms with Crippen LogP contribution in [0.15, 0.2) is 66.7 Å².